The number of ether oxygens (including phenoxy) is 1. The summed E-state index contributed by atoms with van der Waals surface area (Å²) in [6, 6.07) is 9.06. The van der Waals surface area contributed by atoms with Crippen molar-refractivity contribution in [2.45, 2.75) is 0 Å². The second-order valence-corrected chi connectivity index (χ2v) is 4.22. The maximum absolute atomic E-state index is 12.0. The smallest absolute Gasteiger partial charge is 0.327 e. The zero-order chi connectivity index (χ0) is 14.1. The molecule has 1 aromatic carbocycles. The molecule has 0 aliphatic heterocycles. The SMILES string of the molecule is COc1cccc(-c2ccnc3[nH]c(=O)[nH]c(=O)c23)c1. The first-order chi connectivity index (χ1) is 9.69. The molecule has 6 heteroatoms. The Hall–Kier alpha value is -2.89. The molecule has 0 spiro atoms. The molecule has 6 nitrogen and oxygen atoms in total. The molecule has 3 aromatic rings. The zero-order valence-corrected chi connectivity index (χ0v) is 10.6. The monoisotopic (exact) mass is 269 g/mol. The molecule has 3 rings (SSSR count). The number of benzene rings is 1. The highest BCUT2D eigenvalue weighted by Crippen LogP contribution is 2.26. The summed E-state index contributed by atoms with van der Waals surface area (Å²) in [4.78, 5) is 32.0. The molecule has 0 radical (unpaired) electrons. The number of H-pyrrole nitrogens is 2. The van der Waals surface area contributed by atoms with Gasteiger partial charge in [-0.3, -0.25) is 14.8 Å². The Bertz CT molecular complexity index is 896. The van der Waals surface area contributed by atoms with Crippen LogP contribution in [0.25, 0.3) is 22.2 Å². The number of fused-ring (bicyclic) bond motifs is 1. The van der Waals surface area contributed by atoms with Crippen LogP contribution in [0.1, 0.15) is 0 Å². The van der Waals surface area contributed by atoms with Crippen LogP contribution in [0.4, 0.5) is 0 Å². The Morgan fingerprint density at radius 3 is 2.80 bits per heavy atom. The van der Waals surface area contributed by atoms with Crippen molar-refractivity contribution in [2.24, 2.45) is 0 Å². The molecule has 100 valence electrons. The van der Waals surface area contributed by atoms with Gasteiger partial charge in [-0.25, -0.2) is 9.78 Å². The maximum atomic E-state index is 12.0. The molecular weight excluding hydrogens is 258 g/mol. The van der Waals surface area contributed by atoms with Gasteiger partial charge in [-0.1, -0.05) is 12.1 Å². The van der Waals surface area contributed by atoms with E-state index in [0.717, 1.165) is 5.56 Å². The number of hydrogen-bond acceptors (Lipinski definition) is 4. The summed E-state index contributed by atoms with van der Waals surface area (Å²) in [6.45, 7) is 0. The third-order valence-electron chi connectivity index (χ3n) is 3.02. The number of aromatic nitrogens is 3. The normalized spacial score (nSPS) is 10.7. The number of aromatic amines is 2. The second-order valence-electron chi connectivity index (χ2n) is 4.22. The predicted molar refractivity (Wildman–Crippen MR) is 75.0 cm³/mol. The minimum Gasteiger partial charge on any atom is -0.497 e. The molecule has 0 fully saturated rings. The molecule has 0 aliphatic rings. The molecule has 2 heterocycles. The Kier molecular flexibility index (Phi) is 2.83. The van der Waals surface area contributed by atoms with Crippen molar-refractivity contribution < 1.29 is 4.74 Å². The maximum Gasteiger partial charge on any atom is 0.327 e. The van der Waals surface area contributed by atoms with Gasteiger partial charge in [0.25, 0.3) is 5.56 Å². The van der Waals surface area contributed by atoms with E-state index in [9.17, 15) is 9.59 Å². The molecule has 0 atom stereocenters. The molecule has 0 saturated heterocycles. The van der Waals surface area contributed by atoms with E-state index in [1.807, 2.05) is 24.3 Å². The summed E-state index contributed by atoms with van der Waals surface area (Å²) in [5, 5.41) is 0.348. The van der Waals surface area contributed by atoms with E-state index in [-0.39, 0.29) is 5.65 Å². The first-order valence-electron chi connectivity index (χ1n) is 5.95. The summed E-state index contributed by atoms with van der Waals surface area (Å²) in [6.07, 6.45) is 1.55. The van der Waals surface area contributed by atoms with Crippen LogP contribution in [0.3, 0.4) is 0 Å². The van der Waals surface area contributed by atoms with Crippen molar-refractivity contribution in [3.05, 3.63) is 57.4 Å². The lowest BCUT2D eigenvalue weighted by Gasteiger charge is -2.06. The van der Waals surface area contributed by atoms with Crippen LogP contribution in [0.5, 0.6) is 5.75 Å². The van der Waals surface area contributed by atoms with Crippen molar-refractivity contribution >= 4 is 11.0 Å². The molecular formula is C14H11N3O3. The Morgan fingerprint density at radius 1 is 1.15 bits per heavy atom. The number of rotatable bonds is 2. The van der Waals surface area contributed by atoms with Gasteiger partial charge in [0, 0.05) is 6.20 Å². The fourth-order valence-electron chi connectivity index (χ4n) is 2.12. The summed E-state index contributed by atoms with van der Waals surface area (Å²) in [7, 11) is 1.58. The number of nitrogens with zero attached hydrogens (tertiary/aromatic N) is 1. The highest BCUT2D eigenvalue weighted by atomic mass is 16.5. The molecule has 0 aliphatic carbocycles. The van der Waals surface area contributed by atoms with Gasteiger partial charge in [-0.15, -0.1) is 0 Å². The van der Waals surface area contributed by atoms with Crippen molar-refractivity contribution in [3.8, 4) is 16.9 Å². The van der Waals surface area contributed by atoms with Gasteiger partial charge in [-0.2, -0.15) is 0 Å². The first kappa shape index (κ1) is 12.2. The number of methoxy groups -OCH3 is 1. The van der Waals surface area contributed by atoms with Crippen molar-refractivity contribution in [1.82, 2.24) is 15.0 Å². The highest BCUT2D eigenvalue weighted by Gasteiger charge is 2.10. The van der Waals surface area contributed by atoms with Gasteiger partial charge in [-0.05, 0) is 29.3 Å². The number of hydrogen-bond donors (Lipinski definition) is 2. The standard InChI is InChI=1S/C14H11N3O3/c1-20-9-4-2-3-8(7-9)10-5-6-15-12-11(10)13(18)17-14(19)16-12/h2-7H,1H3,(H2,15,16,17,18,19). The molecule has 20 heavy (non-hydrogen) atoms. The summed E-state index contributed by atoms with van der Waals surface area (Å²) >= 11 is 0. The van der Waals surface area contributed by atoms with Crippen LogP contribution < -0.4 is 16.0 Å². The molecule has 2 aromatic heterocycles. The predicted octanol–water partition coefficient (Wildman–Crippen LogP) is 1.29. The lowest BCUT2D eigenvalue weighted by Crippen LogP contribution is -2.22. The average molecular weight is 269 g/mol. The molecule has 0 amide bonds. The average Bonchev–Trinajstić information content (AvgIpc) is 2.46. The van der Waals surface area contributed by atoms with Crippen LogP contribution in [0.2, 0.25) is 0 Å². The largest absolute Gasteiger partial charge is 0.497 e. The molecule has 2 N–H and O–H groups in total. The van der Waals surface area contributed by atoms with Gasteiger partial charge in [0.05, 0.1) is 12.5 Å². The molecule has 0 saturated carbocycles. The lowest BCUT2D eigenvalue weighted by atomic mass is 10.0. The third kappa shape index (κ3) is 1.97. The van der Waals surface area contributed by atoms with Gasteiger partial charge in [0.1, 0.15) is 11.4 Å². The van der Waals surface area contributed by atoms with E-state index in [2.05, 4.69) is 15.0 Å². The number of pyridine rings is 1. The van der Waals surface area contributed by atoms with E-state index in [0.29, 0.717) is 16.7 Å². The van der Waals surface area contributed by atoms with E-state index in [1.54, 1.807) is 19.4 Å². The fourth-order valence-corrected chi connectivity index (χ4v) is 2.12. The van der Waals surface area contributed by atoms with E-state index < -0.39 is 11.2 Å². The highest BCUT2D eigenvalue weighted by molar-refractivity contribution is 5.91. The third-order valence-corrected chi connectivity index (χ3v) is 3.02. The fraction of sp³-hybridized carbons (Fsp3) is 0.0714. The summed E-state index contributed by atoms with van der Waals surface area (Å²) in [5.74, 6) is 0.688. The van der Waals surface area contributed by atoms with Gasteiger partial charge >= 0.3 is 5.69 Å². The second kappa shape index (κ2) is 4.65. The van der Waals surface area contributed by atoms with Crippen molar-refractivity contribution in [3.63, 3.8) is 0 Å². The van der Waals surface area contributed by atoms with Crippen LogP contribution >= 0.6 is 0 Å². The summed E-state index contributed by atoms with van der Waals surface area (Å²) in [5.41, 5.74) is 0.729. The van der Waals surface area contributed by atoms with Crippen LogP contribution in [0.15, 0.2) is 46.1 Å². The molecule has 0 bridgehead atoms. The van der Waals surface area contributed by atoms with Gasteiger partial charge in [0.2, 0.25) is 0 Å². The van der Waals surface area contributed by atoms with Crippen LogP contribution in [0, 0.1) is 0 Å². The van der Waals surface area contributed by atoms with Gasteiger partial charge in [0.15, 0.2) is 0 Å². The lowest BCUT2D eigenvalue weighted by molar-refractivity contribution is 0.415. The Labute approximate surface area is 113 Å². The van der Waals surface area contributed by atoms with Gasteiger partial charge < -0.3 is 4.74 Å². The topological polar surface area (TPSA) is 87.8 Å². The van der Waals surface area contributed by atoms with E-state index >= 15 is 0 Å². The quantitative estimate of drug-likeness (QED) is 0.733. The minimum atomic E-state index is -0.571. The number of nitrogens with one attached hydrogen (secondary N) is 2. The van der Waals surface area contributed by atoms with Crippen molar-refractivity contribution in [1.29, 1.82) is 0 Å². The Morgan fingerprint density at radius 2 is 2.00 bits per heavy atom. The Balaban J connectivity index is 2.36. The molecule has 0 unspecified atom stereocenters. The van der Waals surface area contributed by atoms with E-state index in [1.165, 1.54) is 0 Å². The zero-order valence-electron chi connectivity index (χ0n) is 10.6. The van der Waals surface area contributed by atoms with Crippen LogP contribution in [-0.4, -0.2) is 22.1 Å². The summed E-state index contributed by atoms with van der Waals surface area (Å²) < 4.78 is 5.18. The minimum absolute atomic E-state index is 0.263. The first-order valence-corrected chi connectivity index (χ1v) is 5.95. The van der Waals surface area contributed by atoms with Crippen molar-refractivity contribution in [2.75, 3.05) is 7.11 Å². The van der Waals surface area contributed by atoms with Crippen LogP contribution in [-0.2, 0) is 0 Å². The van der Waals surface area contributed by atoms with E-state index in [4.69, 9.17) is 4.74 Å².